The van der Waals surface area contributed by atoms with Crippen molar-refractivity contribution in [1.29, 1.82) is 0 Å². The second-order valence-corrected chi connectivity index (χ2v) is 7.00. The van der Waals surface area contributed by atoms with E-state index < -0.39 is 23.2 Å². The van der Waals surface area contributed by atoms with E-state index in [4.69, 9.17) is 0 Å². The van der Waals surface area contributed by atoms with Gasteiger partial charge in [0.15, 0.2) is 5.60 Å². The van der Waals surface area contributed by atoms with Gasteiger partial charge in [-0.1, -0.05) is 54.6 Å². The summed E-state index contributed by atoms with van der Waals surface area (Å²) in [7, 11) is 0. The predicted molar refractivity (Wildman–Crippen MR) is 108 cm³/mol. The molecule has 6 heteroatoms. The molecule has 1 atom stereocenters. The zero-order valence-electron chi connectivity index (χ0n) is 15.7. The zero-order valence-corrected chi connectivity index (χ0v) is 15.7. The number of nitrogens with one attached hydrogen (secondary N) is 1. The lowest BCUT2D eigenvalue weighted by Gasteiger charge is -2.23. The SMILES string of the molecule is Cc1ccc(NC(=O)CN2C(=O)[C@](O)(c3ccccc3)c3ccccc32)cc1F. The third-order valence-electron chi connectivity index (χ3n) is 5.09. The van der Waals surface area contributed by atoms with Crippen LogP contribution in [0.25, 0.3) is 0 Å². The number of aryl methyl sites for hydroxylation is 1. The minimum absolute atomic E-state index is 0.302. The average molecular weight is 390 g/mol. The molecular formula is C23H19FN2O3. The van der Waals surface area contributed by atoms with Gasteiger partial charge >= 0.3 is 0 Å². The van der Waals surface area contributed by atoms with Gasteiger partial charge in [-0.2, -0.15) is 0 Å². The van der Waals surface area contributed by atoms with Gasteiger partial charge in [0.25, 0.3) is 5.91 Å². The van der Waals surface area contributed by atoms with Gasteiger partial charge in [0.1, 0.15) is 12.4 Å². The Kier molecular flexibility index (Phi) is 4.64. The lowest BCUT2D eigenvalue weighted by Crippen LogP contribution is -2.44. The van der Waals surface area contributed by atoms with Crippen molar-refractivity contribution in [1.82, 2.24) is 0 Å². The maximum atomic E-state index is 13.7. The molecule has 0 aromatic heterocycles. The number of halogens is 1. The quantitative estimate of drug-likeness (QED) is 0.718. The van der Waals surface area contributed by atoms with Crippen molar-refractivity contribution in [2.75, 3.05) is 16.8 Å². The summed E-state index contributed by atoms with van der Waals surface area (Å²) in [6.45, 7) is 1.33. The minimum Gasteiger partial charge on any atom is -0.372 e. The summed E-state index contributed by atoms with van der Waals surface area (Å²) in [6, 6.07) is 19.8. The largest absolute Gasteiger partial charge is 0.372 e. The molecule has 0 unspecified atom stereocenters. The molecule has 29 heavy (non-hydrogen) atoms. The number of anilines is 2. The molecule has 5 nitrogen and oxygen atoms in total. The van der Waals surface area contributed by atoms with Crippen molar-refractivity contribution in [3.63, 3.8) is 0 Å². The fourth-order valence-corrected chi connectivity index (χ4v) is 3.56. The molecule has 3 aromatic carbocycles. The van der Waals surface area contributed by atoms with Crippen LogP contribution in [0.2, 0.25) is 0 Å². The summed E-state index contributed by atoms with van der Waals surface area (Å²) in [5, 5.41) is 14.0. The second-order valence-electron chi connectivity index (χ2n) is 7.00. The molecule has 0 saturated heterocycles. The van der Waals surface area contributed by atoms with Crippen molar-refractivity contribution in [3.8, 4) is 0 Å². The molecular weight excluding hydrogens is 371 g/mol. The Morgan fingerprint density at radius 1 is 1.07 bits per heavy atom. The van der Waals surface area contributed by atoms with Gasteiger partial charge in [-0.3, -0.25) is 14.5 Å². The topological polar surface area (TPSA) is 69.6 Å². The number of para-hydroxylation sites is 1. The highest BCUT2D eigenvalue weighted by atomic mass is 19.1. The highest BCUT2D eigenvalue weighted by Gasteiger charge is 2.51. The monoisotopic (exact) mass is 390 g/mol. The maximum absolute atomic E-state index is 13.7. The summed E-state index contributed by atoms with van der Waals surface area (Å²) in [6.07, 6.45) is 0. The first-order chi connectivity index (χ1) is 13.9. The Morgan fingerprint density at radius 3 is 2.48 bits per heavy atom. The van der Waals surface area contributed by atoms with Gasteiger partial charge in [0.2, 0.25) is 5.91 Å². The van der Waals surface area contributed by atoms with E-state index in [0.29, 0.717) is 28.1 Å². The van der Waals surface area contributed by atoms with Gasteiger partial charge in [-0.25, -0.2) is 4.39 Å². The van der Waals surface area contributed by atoms with Crippen LogP contribution in [0, 0.1) is 12.7 Å². The van der Waals surface area contributed by atoms with Crippen molar-refractivity contribution in [3.05, 3.63) is 95.3 Å². The number of carbonyl (C=O) groups excluding carboxylic acids is 2. The number of hydrogen-bond acceptors (Lipinski definition) is 3. The van der Waals surface area contributed by atoms with Crippen LogP contribution >= 0.6 is 0 Å². The van der Waals surface area contributed by atoms with Crippen LogP contribution in [0.3, 0.4) is 0 Å². The first-order valence-corrected chi connectivity index (χ1v) is 9.16. The summed E-state index contributed by atoms with van der Waals surface area (Å²) in [5.74, 6) is -1.52. The number of nitrogens with zero attached hydrogens (tertiary/aromatic N) is 1. The third kappa shape index (κ3) is 3.17. The van der Waals surface area contributed by atoms with Gasteiger partial charge in [0.05, 0.1) is 5.69 Å². The molecule has 0 bridgehead atoms. The molecule has 2 N–H and O–H groups in total. The molecule has 0 fully saturated rings. The standard InChI is InChI=1S/C23H19FN2O3/c1-15-11-12-17(13-19(15)24)25-21(27)14-26-20-10-6-5-9-18(20)23(29,22(26)28)16-7-3-2-4-8-16/h2-13,29H,14H2,1H3,(H,25,27)/t23-/m0/s1. The highest BCUT2D eigenvalue weighted by molar-refractivity contribution is 6.12. The lowest BCUT2D eigenvalue weighted by molar-refractivity contribution is -0.133. The molecule has 3 aromatic rings. The van der Waals surface area contributed by atoms with Crippen molar-refractivity contribution in [2.24, 2.45) is 0 Å². The van der Waals surface area contributed by atoms with Crippen LogP contribution in [0.15, 0.2) is 72.8 Å². The van der Waals surface area contributed by atoms with Crippen molar-refractivity contribution < 1.29 is 19.1 Å². The normalized spacial score (nSPS) is 17.9. The maximum Gasteiger partial charge on any atom is 0.268 e. The Hall–Kier alpha value is -3.51. The Labute approximate surface area is 167 Å². The molecule has 1 heterocycles. The molecule has 0 aliphatic carbocycles. The fraction of sp³-hybridized carbons (Fsp3) is 0.130. The van der Waals surface area contributed by atoms with Gasteiger partial charge < -0.3 is 10.4 Å². The number of rotatable bonds is 4. The van der Waals surface area contributed by atoms with Crippen LogP contribution < -0.4 is 10.2 Å². The molecule has 0 radical (unpaired) electrons. The highest BCUT2D eigenvalue weighted by Crippen LogP contribution is 2.44. The second kappa shape index (κ2) is 7.14. The fourth-order valence-electron chi connectivity index (χ4n) is 3.56. The summed E-state index contributed by atoms with van der Waals surface area (Å²) in [4.78, 5) is 27.0. The van der Waals surface area contributed by atoms with E-state index >= 15 is 0 Å². The Balaban J connectivity index is 1.63. The third-order valence-corrected chi connectivity index (χ3v) is 5.09. The number of hydrogen-bond donors (Lipinski definition) is 2. The van der Waals surface area contributed by atoms with Crippen LogP contribution in [0.4, 0.5) is 15.8 Å². The predicted octanol–water partition coefficient (Wildman–Crippen LogP) is 3.36. The van der Waals surface area contributed by atoms with E-state index in [2.05, 4.69) is 5.32 Å². The summed E-state index contributed by atoms with van der Waals surface area (Å²) >= 11 is 0. The molecule has 1 aliphatic rings. The first-order valence-electron chi connectivity index (χ1n) is 9.16. The van der Waals surface area contributed by atoms with Gasteiger partial charge in [0, 0.05) is 11.3 Å². The summed E-state index contributed by atoms with van der Waals surface area (Å²) < 4.78 is 13.7. The Morgan fingerprint density at radius 2 is 1.76 bits per heavy atom. The number of benzene rings is 3. The van der Waals surface area contributed by atoms with Gasteiger partial charge in [-0.15, -0.1) is 0 Å². The van der Waals surface area contributed by atoms with Gasteiger partial charge in [-0.05, 0) is 36.2 Å². The van der Waals surface area contributed by atoms with Crippen LogP contribution in [0.1, 0.15) is 16.7 Å². The Bertz CT molecular complexity index is 1100. The molecule has 2 amide bonds. The van der Waals surface area contributed by atoms with Crippen LogP contribution in [-0.2, 0) is 15.2 Å². The van der Waals surface area contributed by atoms with E-state index in [1.165, 1.54) is 11.0 Å². The van der Waals surface area contributed by atoms with Crippen molar-refractivity contribution >= 4 is 23.2 Å². The first kappa shape index (κ1) is 18.8. The number of carbonyl (C=O) groups is 2. The van der Waals surface area contributed by atoms with E-state index in [-0.39, 0.29) is 6.54 Å². The number of fused-ring (bicyclic) bond motifs is 1. The van der Waals surface area contributed by atoms with E-state index in [0.717, 1.165) is 0 Å². The molecule has 146 valence electrons. The lowest BCUT2D eigenvalue weighted by atomic mass is 9.88. The summed E-state index contributed by atoms with van der Waals surface area (Å²) in [5.41, 5.74) is 0.227. The molecule has 0 spiro atoms. The number of amides is 2. The smallest absolute Gasteiger partial charge is 0.268 e. The van der Waals surface area contributed by atoms with Crippen LogP contribution in [0.5, 0.6) is 0 Å². The average Bonchev–Trinajstić information content (AvgIpc) is 2.94. The minimum atomic E-state index is -1.87. The molecule has 0 saturated carbocycles. The van der Waals surface area contributed by atoms with E-state index in [9.17, 15) is 19.1 Å². The van der Waals surface area contributed by atoms with E-state index in [1.807, 2.05) is 0 Å². The number of aliphatic hydroxyl groups is 1. The molecule has 4 rings (SSSR count). The van der Waals surface area contributed by atoms with Crippen LogP contribution in [-0.4, -0.2) is 23.5 Å². The zero-order chi connectivity index (χ0) is 20.6. The van der Waals surface area contributed by atoms with E-state index in [1.54, 1.807) is 73.7 Å². The van der Waals surface area contributed by atoms with Crippen molar-refractivity contribution in [2.45, 2.75) is 12.5 Å². The molecule has 1 aliphatic heterocycles.